The smallest absolute Gasteiger partial charge is 0.259 e. The van der Waals surface area contributed by atoms with Gasteiger partial charge in [0.1, 0.15) is 0 Å². The van der Waals surface area contributed by atoms with Crippen LogP contribution in [-0.2, 0) is 4.74 Å². The molecule has 3 aromatic rings. The van der Waals surface area contributed by atoms with Crippen LogP contribution in [0.2, 0.25) is 0 Å². The number of hydrogen-bond donors (Lipinski definition) is 2. The summed E-state index contributed by atoms with van der Waals surface area (Å²) in [6.45, 7) is 11.2. The first kappa shape index (κ1) is 23.1. The summed E-state index contributed by atoms with van der Waals surface area (Å²) >= 11 is 0. The van der Waals surface area contributed by atoms with E-state index in [0.29, 0.717) is 23.5 Å². The molecule has 34 heavy (non-hydrogen) atoms. The minimum absolute atomic E-state index is 0.0582. The number of amides is 1. The largest absolute Gasteiger partial charge is 0.379 e. The molecule has 8 nitrogen and oxygen atoms in total. The average molecular weight is 466 g/mol. The van der Waals surface area contributed by atoms with Crippen molar-refractivity contribution < 1.29 is 9.53 Å². The average Bonchev–Trinajstić information content (AvgIpc) is 3.48. The molecule has 2 fully saturated rings. The molecule has 8 heteroatoms. The molecule has 5 rings (SSSR count). The minimum Gasteiger partial charge on any atom is -0.379 e. The fraction of sp³-hybridized carbons (Fsp3) is 0.577. The van der Waals surface area contributed by atoms with Gasteiger partial charge in [0.25, 0.3) is 11.5 Å². The quantitative estimate of drug-likeness (QED) is 0.582. The summed E-state index contributed by atoms with van der Waals surface area (Å²) in [5.74, 6) is -0.0827. The van der Waals surface area contributed by atoms with E-state index in [9.17, 15) is 9.59 Å². The standard InChI is InChI=1S/C26H35N5O3/c1-17-12-22-20(23-21(25(33)29-22)14-28-31(23)18-6-4-5-7-18)13-19(17)24(32)27-15-26(2,3)16-30-8-10-34-11-9-30/h12-14,18H,4-11,15-16H2,1-3H3,(H,27,32)(H,29,33). The molecule has 1 saturated carbocycles. The zero-order valence-electron chi connectivity index (χ0n) is 20.4. The Morgan fingerprint density at radius 3 is 2.68 bits per heavy atom. The van der Waals surface area contributed by atoms with Crippen LogP contribution < -0.4 is 10.9 Å². The molecule has 1 aromatic carbocycles. The van der Waals surface area contributed by atoms with Crippen LogP contribution in [0.4, 0.5) is 0 Å². The number of ether oxygens (including phenoxy) is 1. The number of benzene rings is 1. The number of carbonyl (C=O) groups excluding carboxylic acids is 1. The van der Waals surface area contributed by atoms with Gasteiger partial charge in [-0.05, 0) is 42.9 Å². The first-order chi connectivity index (χ1) is 16.3. The molecule has 2 N–H and O–H groups in total. The number of aryl methyl sites for hydroxylation is 1. The molecule has 182 valence electrons. The second-order valence-electron chi connectivity index (χ2n) is 10.7. The van der Waals surface area contributed by atoms with Crippen LogP contribution in [0.1, 0.15) is 61.5 Å². The number of hydrogen-bond acceptors (Lipinski definition) is 5. The molecule has 2 aromatic heterocycles. The number of carbonyl (C=O) groups is 1. The molecular formula is C26H35N5O3. The molecule has 0 bridgehead atoms. The first-order valence-electron chi connectivity index (χ1n) is 12.4. The number of nitrogens with one attached hydrogen (secondary N) is 2. The van der Waals surface area contributed by atoms with E-state index in [1.165, 1.54) is 12.8 Å². The number of morpholine rings is 1. The second-order valence-corrected chi connectivity index (χ2v) is 10.7. The van der Waals surface area contributed by atoms with Gasteiger partial charge < -0.3 is 15.0 Å². The zero-order chi connectivity index (χ0) is 23.9. The highest BCUT2D eigenvalue weighted by Crippen LogP contribution is 2.33. The van der Waals surface area contributed by atoms with Crippen LogP contribution in [0.5, 0.6) is 0 Å². The number of H-pyrrole nitrogens is 1. The van der Waals surface area contributed by atoms with Crippen molar-refractivity contribution in [2.45, 2.75) is 52.5 Å². The highest BCUT2D eigenvalue weighted by atomic mass is 16.5. The van der Waals surface area contributed by atoms with Crippen LogP contribution in [0.15, 0.2) is 23.1 Å². The predicted molar refractivity (Wildman–Crippen MR) is 133 cm³/mol. The van der Waals surface area contributed by atoms with E-state index in [0.717, 1.165) is 67.7 Å². The SMILES string of the molecule is Cc1cc2[nH]c(=O)c3cnn(C4CCCC4)c3c2cc1C(=O)NCC(C)(C)CN1CCOCC1. The molecule has 0 atom stereocenters. The highest BCUT2D eigenvalue weighted by molar-refractivity contribution is 6.07. The predicted octanol–water partition coefficient (Wildman–Crippen LogP) is 3.39. The van der Waals surface area contributed by atoms with Crippen molar-refractivity contribution in [3.8, 4) is 0 Å². The maximum Gasteiger partial charge on any atom is 0.259 e. The van der Waals surface area contributed by atoms with Crippen molar-refractivity contribution in [2.24, 2.45) is 5.41 Å². The van der Waals surface area contributed by atoms with Gasteiger partial charge in [0.15, 0.2) is 0 Å². The monoisotopic (exact) mass is 465 g/mol. The van der Waals surface area contributed by atoms with Gasteiger partial charge in [0, 0.05) is 37.1 Å². The lowest BCUT2D eigenvalue weighted by atomic mass is 9.92. The number of fused-ring (bicyclic) bond motifs is 3. The topological polar surface area (TPSA) is 92.2 Å². The van der Waals surface area contributed by atoms with E-state index in [1.807, 2.05) is 23.7 Å². The Kier molecular flexibility index (Phi) is 6.20. The number of rotatable bonds is 6. The zero-order valence-corrected chi connectivity index (χ0v) is 20.4. The van der Waals surface area contributed by atoms with Crippen LogP contribution in [0, 0.1) is 12.3 Å². The van der Waals surface area contributed by atoms with Crippen molar-refractivity contribution in [3.05, 3.63) is 39.8 Å². The van der Waals surface area contributed by atoms with Crippen LogP contribution in [0.25, 0.3) is 21.8 Å². The maximum atomic E-state index is 13.3. The molecule has 1 saturated heterocycles. The van der Waals surface area contributed by atoms with Crippen molar-refractivity contribution in [1.29, 1.82) is 0 Å². The van der Waals surface area contributed by atoms with Gasteiger partial charge >= 0.3 is 0 Å². The van der Waals surface area contributed by atoms with E-state index in [2.05, 4.69) is 34.1 Å². The lowest BCUT2D eigenvalue weighted by Gasteiger charge is -2.35. The fourth-order valence-corrected chi connectivity index (χ4v) is 5.50. The lowest BCUT2D eigenvalue weighted by molar-refractivity contribution is 0.0212. The summed E-state index contributed by atoms with van der Waals surface area (Å²) in [6.07, 6.45) is 6.17. The number of aromatic nitrogens is 3. The first-order valence-corrected chi connectivity index (χ1v) is 12.4. The number of nitrogens with zero attached hydrogens (tertiary/aromatic N) is 3. The molecule has 0 unspecified atom stereocenters. The molecule has 3 heterocycles. The Labute approximate surface area is 199 Å². The van der Waals surface area contributed by atoms with E-state index >= 15 is 0 Å². The number of aromatic amines is 1. The Morgan fingerprint density at radius 1 is 1.21 bits per heavy atom. The molecule has 2 aliphatic rings. The van der Waals surface area contributed by atoms with Crippen LogP contribution >= 0.6 is 0 Å². The molecule has 1 aliphatic carbocycles. The van der Waals surface area contributed by atoms with Crippen molar-refractivity contribution in [2.75, 3.05) is 39.4 Å². The molecule has 0 spiro atoms. The van der Waals surface area contributed by atoms with Crippen molar-refractivity contribution in [1.82, 2.24) is 25.0 Å². The molecule has 1 amide bonds. The van der Waals surface area contributed by atoms with Gasteiger partial charge in [-0.25, -0.2) is 0 Å². The molecule has 1 aliphatic heterocycles. The third-order valence-electron chi connectivity index (χ3n) is 7.31. The van der Waals surface area contributed by atoms with Crippen molar-refractivity contribution in [3.63, 3.8) is 0 Å². The summed E-state index contributed by atoms with van der Waals surface area (Å²) in [5, 5.41) is 9.22. The Hall–Kier alpha value is -2.71. The third kappa shape index (κ3) is 4.49. The summed E-state index contributed by atoms with van der Waals surface area (Å²) < 4.78 is 7.47. The van der Waals surface area contributed by atoms with Gasteiger partial charge in [0.05, 0.1) is 41.9 Å². The third-order valence-corrected chi connectivity index (χ3v) is 7.31. The Balaban J connectivity index is 1.43. The van der Waals surface area contributed by atoms with Crippen molar-refractivity contribution >= 4 is 27.7 Å². The van der Waals surface area contributed by atoms with Gasteiger partial charge in [-0.2, -0.15) is 5.10 Å². The van der Waals surface area contributed by atoms with Gasteiger partial charge in [0.2, 0.25) is 0 Å². The van der Waals surface area contributed by atoms with Gasteiger partial charge in [-0.15, -0.1) is 0 Å². The van der Waals surface area contributed by atoms with Crippen LogP contribution in [0.3, 0.4) is 0 Å². The Bertz CT molecular complexity index is 1260. The normalized spacial score (nSPS) is 18.2. The fourth-order valence-electron chi connectivity index (χ4n) is 5.50. The number of pyridine rings is 1. The summed E-state index contributed by atoms with van der Waals surface area (Å²) in [7, 11) is 0. The van der Waals surface area contributed by atoms with E-state index < -0.39 is 0 Å². The lowest BCUT2D eigenvalue weighted by Crippen LogP contribution is -2.46. The second kappa shape index (κ2) is 9.15. The van der Waals surface area contributed by atoms with Crippen LogP contribution in [-0.4, -0.2) is 65.0 Å². The van der Waals surface area contributed by atoms with Gasteiger partial charge in [-0.3, -0.25) is 19.2 Å². The summed E-state index contributed by atoms with van der Waals surface area (Å²) in [5.41, 5.74) is 2.89. The summed E-state index contributed by atoms with van der Waals surface area (Å²) in [6, 6.07) is 4.15. The van der Waals surface area contributed by atoms with E-state index in [4.69, 9.17) is 4.74 Å². The molecule has 0 radical (unpaired) electrons. The van der Waals surface area contributed by atoms with E-state index in [1.54, 1.807) is 6.20 Å². The van der Waals surface area contributed by atoms with E-state index in [-0.39, 0.29) is 16.9 Å². The summed E-state index contributed by atoms with van der Waals surface area (Å²) in [4.78, 5) is 31.4. The van der Waals surface area contributed by atoms with Gasteiger partial charge in [-0.1, -0.05) is 26.7 Å². The Morgan fingerprint density at radius 2 is 1.94 bits per heavy atom. The highest BCUT2D eigenvalue weighted by Gasteiger charge is 2.26. The maximum absolute atomic E-state index is 13.3. The molecular weight excluding hydrogens is 430 g/mol. The minimum atomic E-state index is -0.131.